The van der Waals surface area contributed by atoms with Crippen LogP contribution in [0, 0.1) is 5.92 Å². The van der Waals surface area contributed by atoms with Gasteiger partial charge in [-0.25, -0.2) is 15.0 Å². The number of aromatic nitrogens is 4. The van der Waals surface area contributed by atoms with Gasteiger partial charge in [0.05, 0.1) is 36.1 Å². The van der Waals surface area contributed by atoms with Gasteiger partial charge in [0.1, 0.15) is 17.2 Å². The lowest BCUT2D eigenvalue weighted by atomic mass is 9.81. The summed E-state index contributed by atoms with van der Waals surface area (Å²) < 4.78 is 7.01. The summed E-state index contributed by atoms with van der Waals surface area (Å²) in [6.07, 6.45) is 7.20. The van der Waals surface area contributed by atoms with Gasteiger partial charge < -0.3 is 10.5 Å². The predicted molar refractivity (Wildman–Crippen MR) is 140 cm³/mol. The summed E-state index contributed by atoms with van der Waals surface area (Å²) in [5.74, 6) is 1.53. The Balaban J connectivity index is 1.36. The molecule has 1 fully saturated rings. The van der Waals surface area contributed by atoms with E-state index < -0.39 is 0 Å². The van der Waals surface area contributed by atoms with Crippen molar-refractivity contribution in [2.24, 2.45) is 5.92 Å². The van der Waals surface area contributed by atoms with Gasteiger partial charge in [0.25, 0.3) is 0 Å². The third-order valence-corrected chi connectivity index (χ3v) is 7.26. The maximum absolute atomic E-state index is 11.9. The highest BCUT2D eigenvalue weighted by Crippen LogP contribution is 2.37. The largest absolute Gasteiger partial charge is 0.469 e. The topological polar surface area (TPSA) is 95.4 Å². The maximum Gasteiger partial charge on any atom is 0.308 e. The molecule has 5 aromatic rings. The fourth-order valence-electron chi connectivity index (χ4n) is 5.28. The highest BCUT2D eigenvalue weighted by molar-refractivity contribution is 5.86. The minimum atomic E-state index is -0.113. The second kappa shape index (κ2) is 9.07. The van der Waals surface area contributed by atoms with Crippen LogP contribution in [0.1, 0.15) is 37.4 Å². The lowest BCUT2D eigenvalue weighted by Crippen LogP contribution is -2.23. The third kappa shape index (κ3) is 3.96. The van der Waals surface area contributed by atoms with Crippen molar-refractivity contribution in [3.8, 4) is 22.5 Å². The summed E-state index contributed by atoms with van der Waals surface area (Å²) in [6, 6.07) is 20.5. The molecule has 2 aromatic carbocycles. The first-order valence-corrected chi connectivity index (χ1v) is 12.3. The van der Waals surface area contributed by atoms with Gasteiger partial charge in [-0.2, -0.15) is 0 Å². The van der Waals surface area contributed by atoms with Crippen molar-refractivity contribution < 1.29 is 9.53 Å². The summed E-state index contributed by atoms with van der Waals surface area (Å²) in [5, 5.41) is 1.07. The van der Waals surface area contributed by atoms with Gasteiger partial charge in [0, 0.05) is 28.6 Å². The summed E-state index contributed by atoms with van der Waals surface area (Å²) in [6.45, 7) is 0. The molecule has 0 aliphatic heterocycles. The van der Waals surface area contributed by atoms with Gasteiger partial charge in [-0.15, -0.1) is 0 Å². The van der Waals surface area contributed by atoms with Crippen molar-refractivity contribution in [2.75, 3.05) is 12.8 Å². The zero-order valence-corrected chi connectivity index (χ0v) is 20.1. The van der Waals surface area contributed by atoms with Crippen LogP contribution in [0.2, 0.25) is 0 Å². The third-order valence-electron chi connectivity index (χ3n) is 7.26. The Labute approximate surface area is 209 Å². The van der Waals surface area contributed by atoms with E-state index in [2.05, 4.69) is 40.8 Å². The smallest absolute Gasteiger partial charge is 0.308 e. The van der Waals surface area contributed by atoms with E-state index >= 15 is 0 Å². The molecule has 7 heteroatoms. The number of methoxy groups -OCH3 is 1. The molecule has 0 unspecified atom stereocenters. The van der Waals surface area contributed by atoms with E-state index in [1.807, 2.05) is 30.5 Å². The van der Waals surface area contributed by atoms with Crippen LogP contribution in [0.5, 0.6) is 0 Å². The number of carbonyl (C=O) groups excluding carboxylic acids is 1. The van der Waals surface area contributed by atoms with Crippen molar-refractivity contribution in [2.45, 2.75) is 31.6 Å². The molecular weight excluding hydrogens is 450 g/mol. The Morgan fingerprint density at radius 3 is 2.50 bits per heavy atom. The van der Waals surface area contributed by atoms with Gasteiger partial charge >= 0.3 is 5.97 Å². The van der Waals surface area contributed by atoms with Crippen molar-refractivity contribution in [1.82, 2.24) is 19.4 Å². The summed E-state index contributed by atoms with van der Waals surface area (Å²) in [7, 11) is 1.46. The second-order valence-electron chi connectivity index (χ2n) is 9.42. The molecule has 7 nitrogen and oxygen atoms in total. The number of rotatable bonds is 4. The Kier molecular flexibility index (Phi) is 5.60. The molecule has 0 atom stereocenters. The SMILES string of the molecule is COC(=O)[C@H]1CC[C@H](c2ncc3c(N)nc(-c4ccc5ccc(-c6ccccc6)nc5c4)cn32)CC1. The Bertz CT molecular complexity index is 1570. The molecule has 0 radical (unpaired) electrons. The molecule has 2 N–H and O–H groups in total. The first kappa shape index (κ1) is 22.2. The number of hydrogen-bond donors (Lipinski definition) is 1. The molecule has 1 saturated carbocycles. The number of nitrogens with two attached hydrogens (primary N) is 1. The molecule has 3 heterocycles. The molecule has 1 aliphatic carbocycles. The number of pyridine rings is 1. The van der Waals surface area contributed by atoms with Gasteiger partial charge in [0.15, 0.2) is 0 Å². The molecule has 3 aromatic heterocycles. The molecular formula is C29H27N5O2. The van der Waals surface area contributed by atoms with Crippen LogP contribution in [0.25, 0.3) is 38.9 Å². The van der Waals surface area contributed by atoms with Crippen LogP contribution >= 0.6 is 0 Å². The predicted octanol–water partition coefficient (Wildman–Crippen LogP) is 5.64. The number of hydrogen-bond acceptors (Lipinski definition) is 6. The highest BCUT2D eigenvalue weighted by atomic mass is 16.5. The van der Waals surface area contributed by atoms with Crippen LogP contribution < -0.4 is 5.73 Å². The normalized spacial score (nSPS) is 17.9. The van der Waals surface area contributed by atoms with Crippen LogP contribution in [0.3, 0.4) is 0 Å². The van der Waals surface area contributed by atoms with E-state index in [1.165, 1.54) is 7.11 Å². The average Bonchev–Trinajstić information content (AvgIpc) is 3.37. The molecule has 180 valence electrons. The van der Waals surface area contributed by atoms with Crippen LogP contribution in [-0.4, -0.2) is 32.4 Å². The van der Waals surface area contributed by atoms with Gasteiger partial charge in [-0.1, -0.05) is 48.5 Å². The maximum atomic E-state index is 11.9. The van der Waals surface area contributed by atoms with E-state index in [1.54, 1.807) is 6.20 Å². The molecule has 36 heavy (non-hydrogen) atoms. The zero-order chi connectivity index (χ0) is 24.6. The van der Waals surface area contributed by atoms with Gasteiger partial charge in [-0.3, -0.25) is 9.20 Å². The Hall–Kier alpha value is -4.26. The highest BCUT2D eigenvalue weighted by Gasteiger charge is 2.30. The number of nitrogens with zero attached hydrogens (tertiary/aromatic N) is 4. The number of imidazole rings is 1. The zero-order valence-electron chi connectivity index (χ0n) is 20.1. The molecule has 6 rings (SSSR count). The first-order valence-electron chi connectivity index (χ1n) is 12.3. The van der Waals surface area contributed by atoms with Crippen LogP contribution in [0.15, 0.2) is 73.1 Å². The monoisotopic (exact) mass is 477 g/mol. The Morgan fingerprint density at radius 2 is 1.72 bits per heavy atom. The quantitative estimate of drug-likeness (QED) is 0.337. The number of fused-ring (bicyclic) bond motifs is 2. The minimum absolute atomic E-state index is 0.0225. The average molecular weight is 478 g/mol. The standard InChI is InChI=1S/C29H27N5O2/c1-36-29(35)21-10-8-20(9-11-21)28-31-16-26-27(30)33-25(17-34(26)28)22-12-7-19-13-14-23(32-24(19)15-22)18-5-3-2-4-6-18/h2-7,12-17,20-21H,8-11H2,1H3,(H2,30,33)/t20-,21-. The number of carbonyl (C=O) groups is 1. The van der Waals surface area contributed by atoms with E-state index in [0.717, 1.165) is 70.4 Å². The minimum Gasteiger partial charge on any atom is -0.469 e. The van der Waals surface area contributed by atoms with Crippen molar-refractivity contribution in [3.63, 3.8) is 0 Å². The fraction of sp³-hybridized carbons (Fsp3) is 0.241. The van der Waals surface area contributed by atoms with E-state index in [-0.39, 0.29) is 17.8 Å². The second-order valence-corrected chi connectivity index (χ2v) is 9.42. The number of anilines is 1. The lowest BCUT2D eigenvalue weighted by Gasteiger charge is -2.26. The lowest BCUT2D eigenvalue weighted by molar-refractivity contribution is -0.146. The van der Waals surface area contributed by atoms with Gasteiger partial charge in [-0.05, 0) is 37.8 Å². The number of ether oxygens (including phenoxy) is 1. The number of esters is 1. The summed E-state index contributed by atoms with van der Waals surface area (Å²) in [4.78, 5) is 26.3. The van der Waals surface area contributed by atoms with E-state index in [0.29, 0.717) is 5.82 Å². The van der Waals surface area contributed by atoms with Crippen molar-refractivity contribution in [1.29, 1.82) is 0 Å². The molecule has 0 amide bonds. The van der Waals surface area contributed by atoms with Crippen molar-refractivity contribution >= 4 is 28.2 Å². The first-order chi connectivity index (χ1) is 17.6. The van der Waals surface area contributed by atoms with Crippen molar-refractivity contribution in [3.05, 3.63) is 78.9 Å². The van der Waals surface area contributed by atoms with E-state index in [9.17, 15) is 4.79 Å². The molecule has 1 aliphatic rings. The fourth-order valence-corrected chi connectivity index (χ4v) is 5.28. The molecule has 0 saturated heterocycles. The van der Waals surface area contributed by atoms with E-state index in [4.69, 9.17) is 25.4 Å². The number of nitrogen functional groups attached to an aromatic ring is 1. The number of benzene rings is 2. The summed E-state index contributed by atoms with van der Waals surface area (Å²) >= 11 is 0. The van der Waals surface area contributed by atoms with Crippen LogP contribution in [-0.2, 0) is 9.53 Å². The Morgan fingerprint density at radius 1 is 0.944 bits per heavy atom. The molecule has 0 spiro atoms. The molecule has 0 bridgehead atoms. The van der Waals surface area contributed by atoms with Gasteiger partial charge in [0.2, 0.25) is 0 Å². The van der Waals surface area contributed by atoms with Crippen LogP contribution in [0.4, 0.5) is 5.82 Å². The summed E-state index contributed by atoms with van der Waals surface area (Å²) in [5.41, 5.74) is 11.8.